The van der Waals surface area contributed by atoms with Crippen LogP contribution in [-0.4, -0.2) is 40.6 Å². The highest BCUT2D eigenvalue weighted by Crippen LogP contribution is 2.31. The Bertz CT molecular complexity index is 1410. The van der Waals surface area contributed by atoms with Crippen molar-refractivity contribution in [1.29, 1.82) is 0 Å². The quantitative estimate of drug-likeness (QED) is 0.407. The van der Waals surface area contributed by atoms with Crippen LogP contribution in [-0.2, 0) is 11.3 Å². The molecule has 2 amide bonds. The molecule has 9 nitrogen and oxygen atoms in total. The fourth-order valence-electron chi connectivity index (χ4n) is 4.02. The maximum absolute atomic E-state index is 12.1. The fraction of sp³-hybridized carbons (Fsp3) is 0.231. The number of carbonyl (C=O) groups excluding carboxylic acids is 2. The van der Waals surface area contributed by atoms with E-state index < -0.39 is 5.91 Å². The Morgan fingerprint density at radius 3 is 2.60 bits per heavy atom. The third-order valence-corrected chi connectivity index (χ3v) is 6.09. The van der Waals surface area contributed by atoms with E-state index in [4.69, 9.17) is 10.5 Å². The Hall–Kier alpha value is -4.40. The normalized spacial score (nSPS) is 13.0. The van der Waals surface area contributed by atoms with Gasteiger partial charge in [0.15, 0.2) is 5.65 Å². The van der Waals surface area contributed by atoms with Crippen LogP contribution in [0.25, 0.3) is 16.9 Å². The van der Waals surface area contributed by atoms with E-state index in [-0.39, 0.29) is 11.8 Å². The van der Waals surface area contributed by atoms with Gasteiger partial charge in [-0.2, -0.15) is 4.98 Å². The summed E-state index contributed by atoms with van der Waals surface area (Å²) in [6.07, 6.45) is 1.85. The fourth-order valence-corrected chi connectivity index (χ4v) is 4.02. The molecule has 0 aliphatic heterocycles. The number of methoxy groups -OCH3 is 1. The second kappa shape index (κ2) is 9.09. The number of ether oxygens (including phenoxy) is 1. The zero-order valence-corrected chi connectivity index (χ0v) is 19.6. The number of pyridine rings is 1. The molecular formula is C26H26N6O3. The molecule has 3 N–H and O–H groups in total. The number of amides is 2. The Kier molecular flexibility index (Phi) is 5.82. The van der Waals surface area contributed by atoms with Gasteiger partial charge in [0.05, 0.1) is 18.5 Å². The van der Waals surface area contributed by atoms with Gasteiger partial charge in [0, 0.05) is 30.6 Å². The summed E-state index contributed by atoms with van der Waals surface area (Å²) in [5.74, 6) is 0.569. The van der Waals surface area contributed by atoms with Crippen molar-refractivity contribution >= 4 is 29.1 Å². The van der Waals surface area contributed by atoms with E-state index in [0.29, 0.717) is 29.5 Å². The molecule has 2 aromatic carbocycles. The molecule has 35 heavy (non-hydrogen) atoms. The van der Waals surface area contributed by atoms with Gasteiger partial charge in [-0.3, -0.25) is 14.9 Å². The smallest absolute Gasteiger partial charge is 0.249 e. The summed E-state index contributed by atoms with van der Waals surface area (Å²) in [5, 5.41) is 7.32. The monoisotopic (exact) mass is 470 g/mol. The van der Waals surface area contributed by atoms with Crippen molar-refractivity contribution in [1.82, 2.24) is 14.6 Å². The number of aromatic nitrogens is 3. The molecule has 178 valence electrons. The molecule has 0 atom stereocenters. The largest absolute Gasteiger partial charge is 0.495 e. The molecule has 9 heteroatoms. The lowest BCUT2D eigenvalue weighted by molar-refractivity contribution is -0.117. The highest BCUT2D eigenvalue weighted by atomic mass is 16.5. The minimum Gasteiger partial charge on any atom is -0.495 e. The van der Waals surface area contributed by atoms with Crippen LogP contribution in [0.4, 0.5) is 11.6 Å². The molecule has 0 bridgehead atoms. The van der Waals surface area contributed by atoms with E-state index in [1.165, 1.54) is 0 Å². The number of nitrogens with two attached hydrogens (primary N) is 1. The zero-order valence-electron chi connectivity index (χ0n) is 19.6. The molecule has 0 unspecified atom stereocenters. The summed E-state index contributed by atoms with van der Waals surface area (Å²) < 4.78 is 7.20. The Labute approximate surface area is 202 Å². The van der Waals surface area contributed by atoms with Gasteiger partial charge in [0.2, 0.25) is 17.8 Å². The average molecular weight is 471 g/mol. The zero-order chi connectivity index (χ0) is 24.5. The highest BCUT2D eigenvalue weighted by Gasteiger charge is 2.30. The van der Waals surface area contributed by atoms with Crippen LogP contribution < -0.4 is 20.7 Å². The van der Waals surface area contributed by atoms with Gasteiger partial charge in [-0.1, -0.05) is 30.3 Å². The van der Waals surface area contributed by atoms with Crippen molar-refractivity contribution in [3.63, 3.8) is 0 Å². The van der Waals surface area contributed by atoms with Crippen LogP contribution in [0.3, 0.4) is 0 Å². The van der Waals surface area contributed by atoms with Crippen molar-refractivity contribution in [2.75, 3.05) is 24.4 Å². The van der Waals surface area contributed by atoms with Crippen molar-refractivity contribution in [2.45, 2.75) is 19.4 Å². The van der Waals surface area contributed by atoms with E-state index in [0.717, 1.165) is 35.3 Å². The van der Waals surface area contributed by atoms with Gasteiger partial charge < -0.3 is 15.4 Å². The van der Waals surface area contributed by atoms with Gasteiger partial charge in [-0.05, 0) is 48.7 Å². The lowest BCUT2D eigenvalue weighted by Crippen LogP contribution is -2.19. The molecule has 1 aliphatic carbocycles. The molecule has 1 saturated carbocycles. The molecule has 5 rings (SSSR count). The number of fused-ring (bicyclic) bond motifs is 1. The first-order valence-corrected chi connectivity index (χ1v) is 11.4. The Morgan fingerprint density at radius 1 is 1.14 bits per heavy atom. The van der Waals surface area contributed by atoms with Crippen LogP contribution in [0.5, 0.6) is 5.75 Å². The predicted molar refractivity (Wildman–Crippen MR) is 133 cm³/mol. The van der Waals surface area contributed by atoms with Gasteiger partial charge in [0.1, 0.15) is 5.75 Å². The molecule has 1 fully saturated rings. The van der Waals surface area contributed by atoms with E-state index in [2.05, 4.69) is 15.4 Å². The molecule has 0 radical (unpaired) electrons. The molecule has 2 heterocycles. The van der Waals surface area contributed by atoms with Gasteiger partial charge in [0.25, 0.3) is 0 Å². The summed E-state index contributed by atoms with van der Waals surface area (Å²) in [5.41, 5.74) is 10.2. The van der Waals surface area contributed by atoms with E-state index in [1.807, 2.05) is 54.4 Å². The van der Waals surface area contributed by atoms with Crippen LogP contribution in [0.15, 0.2) is 60.7 Å². The second-order valence-corrected chi connectivity index (χ2v) is 8.68. The average Bonchev–Trinajstić information content (AvgIpc) is 3.63. The van der Waals surface area contributed by atoms with Gasteiger partial charge in [-0.25, -0.2) is 4.52 Å². The summed E-state index contributed by atoms with van der Waals surface area (Å²) in [6.45, 7) is 0.601. The highest BCUT2D eigenvalue weighted by molar-refractivity contribution is 5.94. The molecule has 4 aromatic rings. The topological polar surface area (TPSA) is 115 Å². The number of nitrogens with one attached hydrogen (secondary N) is 1. The molecule has 0 saturated heterocycles. The molecule has 1 aliphatic rings. The number of nitrogens with zero attached hydrogens (tertiary/aromatic N) is 4. The first kappa shape index (κ1) is 22.4. The third-order valence-electron chi connectivity index (χ3n) is 6.09. The molecule has 0 spiro atoms. The van der Waals surface area contributed by atoms with Crippen LogP contribution >= 0.6 is 0 Å². The predicted octanol–water partition coefficient (Wildman–Crippen LogP) is 3.49. The SMILES string of the molecule is COc1ccc(C(N)=O)cc1N(C)Cc1ccc(-c2cccc3nc(NC(=O)C4CC4)nn23)cc1. The first-order chi connectivity index (χ1) is 16.9. The second-order valence-electron chi connectivity index (χ2n) is 8.68. The van der Waals surface area contributed by atoms with Crippen LogP contribution in [0.1, 0.15) is 28.8 Å². The van der Waals surface area contributed by atoms with Crippen LogP contribution in [0.2, 0.25) is 0 Å². The summed E-state index contributed by atoms with van der Waals surface area (Å²) in [6, 6.07) is 19.0. The maximum Gasteiger partial charge on any atom is 0.249 e. The Morgan fingerprint density at radius 2 is 1.91 bits per heavy atom. The Balaban J connectivity index is 1.36. The maximum atomic E-state index is 12.1. The standard InChI is InChI=1S/C26H26N6O3/c1-31(21-14-19(24(27)33)12-13-22(21)35-2)15-16-6-8-17(9-7-16)20-4-3-5-23-28-26(30-32(20)23)29-25(34)18-10-11-18/h3-9,12-14,18H,10-11,15H2,1-2H3,(H2,27,33)(H,29,30,34). The number of carbonyl (C=O) groups is 2. The third kappa shape index (κ3) is 4.65. The summed E-state index contributed by atoms with van der Waals surface area (Å²) >= 11 is 0. The summed E-state index contributed by atoms with van der Waals surface area (Å²) in [7, 11) is 3.53. The number of rotatable bonds is 8. The van der Waals surface area contributed by atoms with Crippen molar-refractivity contribution < 1.29 is 14.3 Å². The van der Waals surface area contributed by atoms with Gasteiger partial charge in [-0.15, -0.1) is 5.10 Å². The van der Waals surface area contributed by atoms with Crippen molar-refractivity contribution in [3.05, 3.63) is 71.8 Å². The van der Waals surface area contributed by atoms with E-state index in [9.17, 15) is 9.59 Å². The minimum absolute atomic E-state index is 0.0195. The lowest BCUT2D eigenvalue weighted by Gasteiger charge is -2.22. The summed E-state index contributed by atoms with van der Waals surface area (Å²) in [4.78, 5) is 30.2. The molecular weight excluding hydrogens is 444 g/mol. The number of benzene rings is 2. The van der Waals surface area contributed by atoms with Crippen molar-refractivity contribution in [2.24, 2.45) is 11.7 Å². The lowest BCUT2D eigenvalue weighted by atomic mass is 10.1. The van der Waals surface area contributed by atoms with Crippen LogP contribution in [0, 0.1) is 5.92 Å². The number of hydrogen-bond acceptors (Lipinski definition) is 6. The number of hydrogen-bond donors (Lipinski definition) is 2. The molecule has 2 aromatic heterocycles. The number of primary amides is 1. The van der Waals surface area contributed by atoms with Gasteiger partial charge >= 0.3 is 0 Å². The van der Waals surface area contributed by atoms with E-state index >= 15 is 0 Å². The first-order valence-electron chi connectivity index (χ1n) is 11.4. The minimum atomic E-state index is -0.482. The van der Waals surface area contributed by atoms with E-state index in [1.54, 1.807) is 29.8 Å². The van der Waals surface area contributed by atoms with Crippen molar-refractivity contribution in [3.8, 4) is 17.0 Å². The number of anilines is 2.